The molecule has 0 bridgehead atoms. The zero-order valence-electron chi connectivity index (χ0n) is 8.65. The number of hydrogen-bond donors (Lipinski definition) is 1. The highest BCUT2D eigenvalue weighted by Gasteiger charge is 2.06. The van der Waals surface area contributed by atoms with E-state index in [-0.39, 0.29) is 0 Å². The number of nitrogens with zero attached hydrogens (tertiary/aromatic N) is 4. The molecule has 0 saturated heterocycles. The van der Waals surface area contributed by atoms with Crippen molar-refractivity contribution in [1.82, 2.24) is 20.0 Å². The lowest BCUT2D eigenvalue weighted by Gasteiger charge is -1.93. The second kappa shape index (κ2) is 3.58. The Morgan fingerprint density at radius 2 is 2.40 bits per heavy atom. The van der Waals surface area contributed by atoms with Crippen molar-refractivity contribution in [1.29, 1.82) is 5.26 Å². The molecule has 5 heteroatoms. The van der Waals surface area contributed by atoms with Crippen LogP contribution in [-0.2, 0) is 13.5 Å². The Morgan fingerprint density at radius 1 is 1.60 bits per heavy atom. The van der Waals surface area contributed by atoms with E-state index in [0.717, 1.165) is 23.4 Å². The van der Waals surface area contributed by atoms with Crippen LogP contribution in [0.3, 0.4) is 0 Å². The standard InChI is InChI=1S/C10H11N5/c1-7-8(6-15(2)14-7)3-9-4-10(5-11)13-12-9/h4,6H,3H2,1-2H3,(H,12,13). The molecule has 2 rings (SSSR count). The minimum absolute atomic E-state index is 0.423. The van der Waals surface area contributed by atoms with Crippen LogP contribution in [0.4, 0.5) is 0 Å². The monoisotopic (exact) mass is 201 g/mol. The van der Waals surface area contributed by atoms with E-state index < -0.39 is 0 Å². The van der Waals surface area contributed by atoms with Crippen molar-refractivity contribution in [2.45, 2.75) is 13.3 Å². The van der Waals surface area contributed by atoms with Gasteiger partial charge < -0.3 is 0 Å². The summed E-state index contributed by atoms with van der Waals surface area (Å²) in [7, 11) is 1.89. The van der Waals surface area contributed by atoms with Crippen LogP contribution in [0.5, 0.6) is 0 Å². The van der Waals surface area contributed by atoms with Gasteiger partial charge in [-0.3, -0.25) is 9.78 Å². The number of rotatable bonds is 2. The molecule has 15 heavy (non-hydrogen) atoms. The van der Waals surface area contributed by atoms with E-state index >= 15 is 0 Å². The van der Waals surface area contributed by atoms with Crippen LogP contribution < -0.4 is 0 Å². The van der Waals surface area contributed by atoms with Crippen LogP contribution in [0.15, 0.2) is 12.3 Å². The van der Waals surface area contributed by atoms with Gasteiger partial charge in [0.25, 0.3) is 0 Å². The quantitative estimate of drug-likeness (QED) is 0.785. The number of aromatic nitrogens is 4. The third-order valence-electron chi connectivity index (χ3n) is 2.24. The Bertz CT molecular complexity index is 514. The average Bonchev–Trinajstić information content (AvgIpc) is 2.75. The molecule has 0 aliphatic heterocycles. The number of aryl methyl sites for hydroxylation is 2. The minimum atomic E-state index is 0.423. The Hall–Kier alpha value is -2.09. The van der Waals surface area contributed by atoms with Gasteiger partial charge in [-0.15, -0.1) is 0 Å². The SMILES string of the molecule is Cc1nn(C)cc1Cc1cc(C#N)n[nH]1. The van der Waals surface area contributed by atoms with Crippen molar-refractivity contribution < 1.29 is 0 Å². The summed E-state index contributed by atoms with van der Waals surface area (Å²) in [5.41, 5.74) is 3.51. The van der Waals surface area contributed by atoms with Crippen LogP contribution in [-0.4, -0.2) is 20.0 Å². The highest BCUT2D eigenvalue weighted by atomic mass is 15.2. The topological polar surface area (TPSA) is 70.3 Å². The second-order valence-electron chi connectivity index (χ2n) is 3.48. The van der Waals surface area contributed by atoms with E-state index in [9.17, 15) is 0 Å². The Balaban J connectivity index is 2.22. The van der Waals surface area contributed by atoms with Crippen molar-refractivity contribution >= 4 is 0 Å². The van der Waals surface area contributed by atoms with Gasteiger partial charge in [0.05, 0.1) is 5.69 Å². The van der Waals surface area contributed by atoms with E-state index in [4.69, 9.17) is 5.26 Å². The number of nitrogens with one attached hydrogen (secondary N) is 1. The van der Waals surface area contributed by atoms with Crippen LogP contribution >= 0.6 is 0 Å². The van der Waals surface area contributed by atoms with Gasteiger partial charge in [-0.1, -0.05) is 0 Å². The number of aromatic amines is 1. The van der Waals surface area contributed by atoms with Crippen molar-refractivity contribution in [3.8, 4) is 6.07 Å². The fourth-order valence-corrected chi connectivity index (χ4v) is 1.54. The first-order chi connectivity index (χ1) is 7.19. The zero-order chi connectivity index (χ0) is 10.8. The summed E-state index contributed by atoms with van der Waals surface area (Å²) in [6.07, 6.45) is 2.70. The molecule has 0 radical (unpaired) electrons. The van der Waals surface area contributed by atoms with Gasteiger partial charge in [0.2, 0.25) is 0 Å². The normalized spacial score (nSPS) is 10.2. The van der Waals surface area contributed by atoms with Gasteiger partial charge in [-0.05, 0) is 18.6 Å². The molecule has 5 nitrogen and oxygen atoms in total. The second-order valence-corrected chi connectivity index (χ2v) is 3.48. The van der Waals surface area contributed by atoms with Crippen molar-refractivity contribution in [3.63, 3.8) is 0 Å². The average molecular weight is 201 g/mol. The minimum Gasteiger partial charge on any atom is -0.281 e. The van der Waals surface area contributed by atoms with E-state index in [1.807, 2.05) is 26.2 Å². The third-order valence-corrected chi connectivity index (χ3v) is 2.24. The maximum Gasteiger partial charge on any atom is 0.162 e. The first kappa shape index (κ1) is 9.46. The third kappa shape index (κ3) is 1.89. The molecule has 0 aliphatic rings. The van der Waals surface area contributed by atoms with Crippen molar-refractivity contribution in [2.24, 2.45) is 7.05 Å². The van der Waals surface area contributed by atoms with E-state index in [2.05, 4.69) is 15.3 Å². The zero-order valence-corrected chi connectivity index (χ0v) is 8.65. The van der Waals surface area contributed by atoms with Gasteiger partial charge in [-0.25, -0.2) is 0 Å². The lowest BCUT2D eigenvalue weighted by atomic mass is 10.1. The molecule has 2 aromatic heterocycles. The number of hydrogen-bond acceptors (Lipinski definition) is 3. The molecule has 0 unspecified atom stereocenters. The summed E-state index contributed by atoms with van der Waals surface area (Å²) >= 11 is 0. The van der Waals surface area contributed by atoms with E-state index in [0.29, 0.717) is 5.69 Å². The molecule has 1 N–H and O–H groups in total. The predicted molar refractivity (Wildman–Crippen MR) is 54.1 cm³/mol. The van der Waals surface area contributed by atoms with Gasteiger partial charge >= 0.3 is 0 Å². The van der Waals surface area contributed by atoms with Crippen LogP contribution in [0.25, 0.3) is 0 Å². The summed E-state index contributed by atoms with van der Waals surface area (Å²) in [6.45, 7) is 1.97. The first-order valence-electron chi connectivity index (χ1n) is 4.62. The van der Waals surface area contributed by atoms with Gasteiger partial charge in [0, 0.05) is 25.4 Å². The molecule has 0 aliphatic carbocycles. The molecule has 0 spiro atoms. The van der Waals surface area contributed by atoms with Crippen molar-refractivity contribution in [3.05, 3.63) is 34.9 Å². The number of H-pyrrole nitrogens is 1. The van der Waals surface area contributed by atoms with Crippen molar-refractivity contribution in [2.75, 3.05) is 0 Å². The molecule has 2 heterocycles. The van der Waals surface area contributed by atoms with Gasteiger partial charge in [-0.2, -0.15) is 15.5 Å². The maximum atomic E-state index is 8.63. The predicted octanol–water partition coefficient (Wildman–Crippen LogP) is 0.914. The highest BCUT2D eigenvalue weighted by Crippen LogP contribution is 2.11. The van der Waals surface area contributed by atoms with Crippen LogP contribution in [0.1, 0.15) is 22.6 Å². The molecular weight excluding hydrogens is 190 g/mol. The molecular formula is C10H11N5. The molecule has 2 aromatic rings. The largest absolute Gasteiger partial charge is 0.281 e. The Kier molecular flexibility index (Phi) is 2.26. The van der Waals surface area contributed by atoms with E-state index in [1.165, 1.54) is 0 Å². The summed E-state index contributed by atoms with van der Waals surface area (Å²) < 4.78 is 1.78. The smallest absolute Gasteiger partial charge is 0.162 e. The number of nitriles is 1. The lowest BCUT2D eigenvalue weighted by Crippen LogP contribution is -1.88. The van der Waals surface area contributed by atoms with E-state index in [1.54, 1.807) is 10.7 Å². The fourth-order valence-electron chi connectivity index (χ4n) is 1.54. The molecule has 0 amide bonds. The molecule has 76 valence electrons. The highest BCUT2D eigenvalue weighted by molar-refractivity contribution is 5.27. The van der Waals surface area contributed by atoms with Gasteiger partial charge in [0.15, 0.2) is 5.69 Å². The summed E-state index contributed by atoms with van der Waals surface area (Å²) in [6, 6.07) is 3.75. The van der Waals surface area contributed by atoms with Crippen LogP contribution in [0, 0.1) is 18.3 Å². The maximum absolute atomic E-state index is 8.63. The summed E-state index contributed by atoms with van der Waals surface area (Å²) in [5.74, 6) is 0. The Morgan fingerprint density at radius 3 is 2.93 bits per heavy atom. The van der Waals surface area contributed by atoms with Gasteiger partial charge in [0.1, 0.15) is 6.07 Å². The molecule has 0 aromatic carbocycles. The Labute approximate surface area is 87.3 Å². The molecule has 0 fully saturated rings. The summed E-state index contributed by atoms with van der Waals surface area (Å²) in [5, 5.41) is 19.6. The molecule has 0 atom stereocenters. The first-order valence-corrected chi connectivity index (χ1v) is 4.62. The molecule has 0 saturated carbocycles. The fraction of sp³-hybridized carbons (Fsp3) is 0.300. The lowest BCUT2D eigenvalue weighted by molar-refractivity contribution is 0.756. The summed E-state index contributed by atoms with van der Waals surface area (Å²) in [4.78, 5) is 0. The van der Waals surface area contributed by atoms with Crippen LogP contribution in [0.2, 0.25) is 0 Å².